The van der Waals surface area contributed by atoms with Gasteiger partial charge in [0.1, 0.15) is 0 Å². The van der Waals surface area contributed by atoms with Crippen LogP contribution in [0.4, 0.5) is 5.13 Å². The van der Waals surface area contributed by atoms with Crippen LogP contribution >= 0.6 is 11.3 Å². The Balaban J connectivity index is 2.15. The van der Waals surface area contributed by atoms with Gasteiger partial charge in [0, 0.05) is 24.2 Å². The van der Waals surface area contributed by atoms with Crippen molar-refractivity contribution >= 4 is 16.5 Å². The molecule has 0 saturated carbocycles. The van der Waals surface area contributed by atoms with E-state index in [1.165, 1.54) is 16.2 Å². The van der Waals surface area contributed by atoms with Crippen molar-refractivity contribution in [3.8, 4) is 0 Å². The summed E-state index contributed by atoms with van der Waals surface area (Å²) in [5.74, 6) is 0. The number of nitrogens with two attached hydrogens (primary N) is 1. The van der Waals surface area contributed by atoms with Gasteiger partial charge >= 0.3 is 0 Å². The van der Waals surface area contributed by atoms with Gasteiger partial charge in [0.2, 0.25) is 0 Å². The number of aliphatic hydroxyl groups excluding tert-OH is 1. The molecule has 0 amide bonds. The van der Waals surface area contributed by atoms with Crippen LogP contribution in [0.3, 0.4) is 0 Å². The van der Waals surface area contributed by atoms with E-state index in [0.29, 0.717) is 11.7 Å². The molecule has 0 atom stereocenters. The molecule has 1 heterocycles. The van der Waals surface area contributed by atoms with Crippen LogP contribution in [0.5, 0.6) is 0 Å². The van der Waals surface area contributed by atoms with Gasteiger partial charge in [0.05, 0.1) is 6.61 Å². The van der Waals surface area contributed by atoms with Crippen molar-refractivity contribution in [2.24, 2.45) is 0 Å². The number of nitrogens with one attached hydrogen (secondary N) is 1. The molecule has 0 aromatic carbocycles. The maximum Gasteiger partial charge on any atom is 0.180 e. The molecule has 4 N–H and O–H groups in total. The fourth-order valence-electron chi connectivity index (χ4n) is 0.854. The minimum absolute atomic E-state index is 0.185. The molecule has 1 aromatic rings. The van der Waals surface area contributed by atoms with Crippen molar-refractivity contribution in [3.05, 3.63) is 11.1 Å². The van der Waals surface area contributed by atoms with Crippen LogP contribution in [0.1, 0.15) is 4.88 Å². The molecule has 68 valence electrons. The normalized spacial score (nSPS) is 10.4. The third kappa shape index (κ3) is 3.17. The summed E-state index contributed by atoms with van der Waals surface area (Å²) < 4.78 is 0. The second kappa shape index (κ2) is 5.08. The highest BCUT2D eigenvalue weighted by molar-refractivity contribution is 7.15. The summed E-state index contributed by atoms with van der Waals surface area (Å²) in [6.07, 6.45) is 2.72. The zero-order valence-corrected chi connectivity index (χ0v) is 7.60. The standard InChI is InChI=1S/C7H13N3OS/c8-7-10-5-6(12-7)1-2-9-3-4-11/h5,9,11H,1-4H2,(H2,8,10). The lowest BCUT2D eigenvalue weighted by molar-refractivity contribution is 0.293. The second-order valence-corrected chi connectivity index (χ2v) is 3.54. The first-order valence-corrected chi connectivity index (χ1v) is 4.66. The van der Waals surface area contributed by atoms with Crippen molar-refractivity contribution in [1.29, 1.82) is 0 Å². The number of hydrogen-bond acceptors (Lipinski definition) is 5. The highest BCUT2D eigenvalue weighted by Crippen LogP contribution is 2.13. The maximum atomic E-state index is 8.48. The summed E-state index contributed by atoms with van der Waals surface area (Å²) in [6, 6.07) is 0. The first-order chi connectivity index (χ1) is 5.83. The molecule has 1 aromatic heterocycles. The van der Waals surface area contributed by atoms with Gasteiger partial charge in [-0.1, -0.05) is 0 Å². The maximum absolute atomic E-state index is 8.48. The number of aromatic nitrogens is 1. The van der Waals surface area contributed by atoms with Gasteiger partial charge in [-0.25, -0.2) is 4.98 Å². The number of hydrogen-bond donors (Lipinski definition) is 3. The number of anilines is 1. The molecule has 0 bridgehead atoms. The summed E-state index contributed by atoms with van der Waals surface area (Å²) in [4.78, 5) is 5.11. The molecule has 0 unspecified atom stereocenters. The van der Waals surface area contributed by atoms with Crippen molar-refractivity contribution in [2.75, 3.05) is 25.4 Å². The summed E-state index contributed by atoms with van der Waals surface area (Å²) in [6.45, 7) is 1.70. The summed E-state index contributed by atoms with van der Waals surface area (Å²) >= 11 is 1.51. The monoisotopic (exact) mass is 187 g/mol. The molecular formula is C7H13N3OS. The van der Waals surface area contributed by atoms with E-state index in [1.807, 2.05) is 0 Å². The van der Waals surface area contributed by atoms with E-state index in [-0.39, 0.29) is 6.61 Å². The first kappa shape index (κ1) is 9.44. The van der Waals surface area contributed by atoms with Gasteiger partial charge in [-0.2, -0.15) is 0 Å². The van der Waals surface area contributed by atoms with E-state index < -0.39 is 0 Å². The molecule has 1 rings (SSSR count). The van der Waals surface area contributed by atoms with Crippen molar-refractivity contribution < 1.29 is 5.11 Å². The Kier molecular flexibility index (Phi) is 3.99. The fourth-order valence-corrected chi connectivity index (χ4v) is 1.54. The van der Waals surface area contributed by atoms with Crippen LogP contribution in [-0.2, 0) is 6.42 Å². The van der Waals surface area contributed by atoms with Crippen LogP contribution < -0.4 is 11.1 Å². The fraction of sp³-hybridized carbons (Fsp3) is 0.571. The van der Waals surface area contributed by atoms with Crippen molar-refractivity contribution in [3.63, 3.8) is 0 Å². The lowest BCUT2D eigenvalue weighted by Gasteiger charge is -1.98. The lowest BCUT2D eigenvalue weighted by atomic mass is 10.4. The van der Waals surface area contributed by atoms with Crippen molar-refractivity contribution in [2.45, 2.75) is 6.42 Å². The third-order valence-electron chi connectivity index (χ3n) is 1.41. The Morgan fingerprint density at radius 2 is 2.42 bits per heavy atom. The van der Waals surface area contributed by atoms with E-state index in [1.54, 1.807) is 6.20 Å². The predicted octanol–water partition coefficient (Wildman–Crippen LogP) is -0.150. The highest BCUT2D eigenvalue weighted by atomic mass is 32.1. The van der Waals surface area contributed by atoms with Gasteiger partial charge in [-0.05, 0) is 6.42 Å². The lowest BCUT2D eigenvalue weighted by Crippen LogP contribution is -2.20. The predicted molar refractivity (Wildman–Crippen MR) is 50.2 cm³/mol. The molecule has 0 aliphatic carbocycles. The molecule has 0 fully saturated rings. The Labute approximate surface area is 75.4 Å². The van der Waals surface area contributed by atoms with Gasteiger partial charge in [0.15, 0.2) is 5.13 Å². The zero-order valence-electron chi connectivity index (χ0n) is 6.79. The molecule has 0 spiro atoms. The number of thiazole rings is 1. The van der Waals surface area contributed by atoms with E-state index in [2.05, 4.69) is 10.3 Å². The largest absolute Gasteiger partial charge is 0.395 e. The highest BCUT2D eigenvalue weighted by Gasteiger charge is 1.96. The van der Waals surface area contributed by atoms with Crippen molar-refractivity contribution in [1.82, 2.24) is 10.3 Å². The van der Waals surface area contributed by atoms with Gasteiger partial charge in [-0.3, -0.25) is 0 Å². The number of nitrogen functional groups attached to an aromatic ring is 1. The third-order valence-corrected chi connectivity index (χ3v) is 2.29. The molecular weight excluding hydrogens is 174 g/mol. The molecule has 4 nitrogen and oxygen atoms in total. The molecule has 12 heavy (non-hydrogen) atoms. The van der Waals surface area contributed by atoms with E-state index >= 15 is 0 Å². The summed E-state index contributed by atoms with van der Waals surface area (Å²) in [5.41, 5.74) is 5.46. The topological polar surface area (TPSA) is 71.2 Å². The minimum Gasteiger partial charge on any atom is -0.395 e. The first-order valence-electron chi connectivity index (χ1n) is 3.84. The summed E-state index contributed by atoms with van der Waals surface area (Å²) in [7, 11) is 0. The molecule has 0 radical (unpaired) electrons. The number of nitrogens with zero attached hydrogens (tertiary/aromatic N) is 1. The second-order valence-electron chi connectivity index (χ2n) is 2.39. The van der Waals surface area contributed by atoms with Crippen LogP contribution in [0.25, 0.3) is 0 Å². The van der Waals surface area contributed by atoms with E-state index in [4.69, 9.17) is 10.8 Å². The quantitative estimate of drug-likeness (QED) is 0.561. The summed E-state index contributed by atoms with van der Waals surface area (Å²) in [5, 5.41) is 12.2. The minimum atomic E-state index is 0.185. The van der Waals surface area contributed by atoms with E-state index in [0.717, 1.165) is 13.0 Å². The van der Waals surface area contributed by atoms with Crippen LogP contribution in [-0.4, -0.2) is 29.8 Å². The zero-order chi connectivity index (χ0) is 8.81. The Bertz CT molecular complexity index is 226. The Hall–Kier alpha value is -0.650. The van der Waals surface area contributed by atoms with Gasteiger partial charge < -0.3 is 16.2 Å². The smallest absolute Gasteiger partial charge is 0.180 e. The molecule has 0 aliphatic rings. The molecule has 5 heteroatoms. The van der Waals surface area contributed by atoms with Crippen LogP contribution in [0, 0.1) is 0 Å². The van der Waals surface area contributed by atoms with E-state index in [9.17, 15) is 0 Å². The Morgan fingerprint density at radius 1 is 1.58 bits per heavy atom. The number of aliphatic hydroxyl groups is 1. The Morgan fingerprint density at radius 3 is 3.00 bits per heavy atom. The number of rotatable bonds is 5. The van der Waals surface area contributed by atoms with Gasteiger partial charge in [0.25, 0.3) is 0 Å². The van der Waals surface area contributed by atoms with Crippen LogP contribution in [0.2, 0.25) is 0 Å². The van der Waals surface area contributed by atoms with Crippen LogP contribution in [0.15, 0.2) is 6.20 Å². The molecule has 0 aliphatic heterocycles. The average molecular weight is 187 g/mol. The average Bonchev–Trinajstić information content (AvgIpc) is 2.45. The molecule has 0 saturated heterocycles. The SMILES string of the molecule is Nc1ncc(CCNCCO)s1. The van der Waals surface area contributed by atoms with Gasteiger partial charge in [-0.15, -0.1) is 11.3 Å².